The molecule has 0 aromatic heterocycles. The Morgan fingerprint density at radius 1 is 0.875 bits per heavy atom. The number of hydrogen-bond acceptors (Lipinski definition) is 5. The van der Waals surface area contributed by atoms with E-state index in [1.165, 1.54) is 11.1 Å². The van der Waals surface area contributed by atoms with Gasteiger partial charge in [-0.15, -0.1) is 0 Å². The second-order valence-corrected chi connectivity index (χ2v) is 7.88. The smallest absolute Gasteiger partial charge is 0.232 e. The first-order valence-corrected chi connectivity index (χ1v) is 10.4. The Morgan fingerprint density at radius 3 is 2.44 bits per heavy atom. The number of benzene rings is 3. The molecule has 0 saturated carbocycles. The molecular formula is C27H26O5. The van der Waals surface area contributed by atoms with Gasteiger partial charge in [0, 0.05) is 11.6 Å². The Morgan fingerprint density at radius 2 is 1.69 bits per heavy atom. The van der Waals surface area contributed by atoms with Crippen LogP contribution in [0.1, 0.15) is 38.2 Å². The van der Waals surface area contributed by atoms with Crippen LogP contribution >= 0.6 is 0 Å². The molecular weight excluding hydrogens is 404 g/mol. The van der Waals surface area contributed by atoms with E-state index in [1.807, 2.05) is 13.0 Å². The van der Waals surface area contributed by atoms with Crippen LogP contribution < -0.4 is 18.9 Å². The summed E-state index contributed by atoms with van der Waals surface area (Å²) in [6.07, 6.45) is 1.68. The van der Waals surface area contributed by atoms with E-state index in [-0.39, 0.29) is 11.5 Å². The summed E-state index contributed by atoms with van der Waals surface area (Å²) < 4.78 is 22.7. The quantitative estimate of drug-likeness (QED) is 0.461. The SMILES string of the molecule is COc1ccc(OC)c(/C=C2\Oc3cc(OCc4cc(C)ccc4C)cc(C)c3C2=O)c1. The van der Waals surface area contributed by atoms with Crippen LogP contribution in [0.4, 0.5) is 0 Å². The maximum Gasteiger partial charge on any atom is 0.232 e. The lowest BCUT2D eigenvalue weighted by Gasteiger charge is -2.11. The molecule has 0 spiro atoms. The van der Waals surface area contributed by atoms with Gasteiger partial charge in [0.15, 0.2) is 5.76 Å². The van der Waals surface area contributed by atoms with Gasteiger partial charge in [-0.25, -0.2) is 0 Å². The van der Waals surface area contributed by atoms with Crippen LogP contribution in [-0.2, 0) is 6.61 Å². The molecule has 0 fully saturated rings. The fourth-order valence-electron chi connectivity index (χ4n) is 3.77. The van der Waals surface area contributed by atoms with Crippen molar-refractivity contribution in [2.75, 3.05) is 14.2 Å². The molecule has 0 aliphatic carbocycles. The molecule has 1 aliphatic heterocycles. The van der Waals surface area contributed by atoms with Crippen molar-refractivity contribution in [3.63, 3.8) is 0 Å². The number of allylic oxidation sites excluding steroid dienone is 1. The molecule has 0 amide bonds. The number of ether oxygens (including phenoxy) is 4. The van der Waals surface area contributed by atoms with Gasteiger partial charge in [-0.05, 0) is 67.8 Å². The van der Waals surface area contributed by atoms with E-state index in [2.05, 4.69) is 32.0 Å². The molecule has 5 nitrogen and oxygen atoms in total. The molecule has 4 rings (SSSR count). The van der Waals surface area contributed by atoms with E-state index in [0.29, 0.717) is 40.7 Å². The van der Waals surface area contributed by atoms with Crippen molar-refractivity contribution >= 4 is 11.9 Å². The third-order valence-corrected chi connectivity index (χ3v) is 5.57. The Balaban J connectivity index is 1.61. The van der Waals surface area contributed by atoms with E-state index in [0.717, 1.165) is 11.1 Å². The zero-order valence-electron chi connectivity index (χ0n) is 18.9. The molecule has 0 N–H and O–H groups in total. The largest absolute Gasteiger partial charge is 0.497 e. The average molecular weight is 431 g/mol. The maximum absolute atomic E-state index is 13.0. The monoisotopic (exact) mass is 430 g/mol. The molecule has 0 atom stereocenters. The van der Waals surface area contributed by atoms with Crippen LogP contribution in [0, 0.1) is 20.8 Å². The van der Waals surface area contributed by atoms with Crippen molar-refractivity contribution in [2.24, 2.45) is 0 Å². The predicted octanol–water partition coefficient (Wildman–Crippen LogP) is 5.82. The number of carbonyl (C=O) groups is 1. The van der Waals surface area contributed by atoms with E-state index in [1.54, 1.807) is 44.6 Å². The molecule has 0 saturated heterocycles. The van der Waals surface area contributed by atoms with Gasteiger partial charge in [0.05, 0.1) is 19.8 Å². The third-order valence-electron chi connectivity index (χ3n) is 5.57. The first kappa shape index (κ1) is 21.5. The van der Waals surface area contributed by atoms with Crippen LogP contribution in [0.5, 0.6) is 23.0 Å². The summed E-state index contributed by atoms with van der Waals surface area (Å²) in [6, 6.07) is 15.3. The van der Waals surface area contributed by atoms with Crippen molar-refractivity contribution in [3.05, 3.63) is 87.7 Å². The number of carbonyl (C=O) groups excluding carboxylic acids is 1. The predicted molar refractivity (Wildman–Crippen MR) is 124 cm³/mol. The molecule has 1 heterocycles. The summed E-state index contributed by atoms with van der Waals surface area (Å²) in [7, 11) is 3.18. The number of hydrogen-bond donors (Lipinski definition) is 0. The van der Waals surface area contributed by atoms with Gasteiger partial charge in [-0.2, -0.15) is 0 Å². The highest BCUT2D eigenvalue weighted by Crippen LogP contribution is 2.38. The highest BCUT2D eigenvalue weighted by molar-refractivity contribution is 6.15. The topological polar surface area (TPSA) is 54.0 Å². The number of ketones is 1. The second kappa shape index (κ2) is 8.79. The third kappa shape index (κ3) is 4.19. The van der Waals surface area contributed by atoms with Gasteiger partial charge in [-0.1, -0.05) is 23.8 Å². The molecule has 5 heteroatoms. The molecule has 3 aromatic carbocycles. The second-order valence-electron chi connectivity index (χ2n) is 7.88. The summed E-state index contributed by atoms with van der Waals surface area (Å²) in [4.78, 5) is 13.0. The molecule has 0 radical (unpaired) electrons. The molecule has 32 heavy (non-hydrogen) atoms. The van der Waals surface area contributed by atoms with Crippen LogP contribution in [-0.4, -0.2) is 20.0 Å². The van der Waals surface area contributed by atoms with Crippen molar-refractivity contribution in [1.82, 2.24) is 0 Å². The molecule has 3 aromatic rings. The van der Waals surface area contributed by atoms with Crippen molar-refractivity contribution < 1.29 is 23.7 Å². The highest BCUT2D eigenvalue weighted by Gasteiger charge is 2.30. The first-order valence-electron chi connectivity index (χ1n) is 10.4. The summed E-state index contributed by atoms with van der Waals surface area (Å²) >= 11 is 0. The van der Waals surface area contributed by atoms with Gasteiger partial charge in [-0.3, -0.25) is 4.79 Å². The fraction of sp³-hybridized carbons (Fsp3) is 0.222. The van der Waals surface area contributed by atoms with Crippen LogP contribution in [0.15, 0.2) is 54.3 Å². The van der Waals surface area contributed by atoms with Crippen LogP contribution in [0.2, 0.25) is 0 Å². The first-order chi connectivity index (χ1) is 15.4. The minimum atomic E-state index is -0.163. The Kier molecular flexibility index (Phi) is 5.91. The lowest BCUT2D eigenvalue weighted by Crippen LogP contribution is -2.01. The summed E-state index contributed by atoms with van der Waals surface area (Å²) in [5.74, 6) is 2.53. The van der Waals surface area contributed by atoms with Gasteiger partial charge in [0.25, 0.3) is 0 Å². The number of methoxy groups -OCH3 is 2. The van der Waals surface area contributed by atoms with Crippen LogP contribution in [0.25, 0.3) is 6.08 Å². The maximum atomic E-state index is 13.0. The van der Waals surface area contributed by atoms with Gasteiger partial charge in [0.2, 0.25) is 5.78 Å². The van der Waals surface area contributed by atoms with E-state index in [9.17, 15) is 4.79 Å². The van der Waals surface area contributed by atoms with E-state index >= 15 is 0 Å². The normalized spacial score (nSPS) is 13.7. The number of fused-ring (bicyclic) bond motifs is 1. The minimum absolute atomic E-state index is 0.163. The van der Waals surface area contributed by atoms with Crippen molar-refractivity contribution in [1.29, 1.82) is 0 Å². The van der Waals surface area contributed by atoms with Crippen molar-refractivity contribution in [3.8, 4) is 23.0 Å². The number of aryl methyl sites for hydroxylation is 3. The van der Waals surface area contributed by atoms with Crippen LogP contribution in [0.3, 0.4) is 0 Å². The van der Waals surface area contributed by atoms with E-state index in [4.69, 9.17) is 18.9 Å². The Bertz CT molecular complexity index is 1220. The zero-order valence-corrected chi connectivity index (χ0v) is 18.9. The summed E-state index contributed by atoms with van der Waals surface area (Å²) in [6.45, 7) is 6.47. The Hall–Kier alpha value is -3.73. The summed E-state index contributed by atoms with van der Waals surface area (Å²) in [5, 5.41) is 0. The molecule has 164 valence electrons. The van der Waals surface area contributed by atoms with Gasteiger partial charge < -0.3 is 18.9 Å². The number of Topliss-reactive ketones (excluding diaryl/α,β-unsaturated/α-hetero) is 1. The minimum Gasteiger partial charge on any atom is -0.497 e. The molecule has 0 bridgehead atoms. The van der Waals surface area contributed by atoms with Gasteiger partial charge >= 0.3 is 0 Å². The fourth-order valence-corrected chi connectivity index (χ4v) is 3.77. The number of rotatable bonds is 6. The van der Waals surface area contributed by atoms with Crippen molar-refractivity contribution in [2.45, 2.75) is 27.4 Å². The standard InChI is InChI=1S/C27H26O5/c1-16-6-7-17(2)20(10-16)15-31-22-11-18(3)26-24(14-22)32-25(27(26)28)13-19-12-21(29-4)8-9-23(19)30-5/h6-14H,15H2,1-5H3/b25-13-. The van der Waals surface area contributed by atoms with Gasteiger partial charge in [0.1, 0.15) is 29.6 Å². The lowest BCUT2D eigenvalue weighted by atomic mass is 10.0. The van der Waals surface area contributed by atoms with E-state index < -0.39 is 0 Å². The molecule has 1 aliphatic rings. The zero-order chi connectivity index (χ0) is 22.8. The lowest BCUT2D eigenvalue weighted by molar-refractivity contribution is 0.101. The molecule has 0 unspecified atom stereocenters. The summed E-state index contributed by atoms with van der Waals surface area (Å²) in [5.41, 5.74) is 5.56. The highest BCUT2D eigenvalue weighted by atomic mass is 16.5. The average Bonchev–Trinajstić information content (AvgIpc) is 3.09. The Labute approximate surface area is 188 Å².